The normalized spacial score (nSPS) is 20.1. The maximum atomic E-state index is 10.7. The highest BCUT2D eigenvalue weighted by Gasteiger charge is 2.15. The zero-order valence-corrected chi connectivity index (χ0v) is 7.82. The quantitative estimate of drug-likeness (QED) is 0.666. The molecule has 1 heterocycles. The van der Waals surface area contributed by atoms with Crippen molar-refractivity contribution in [1.82, 2.24) is 5.32 Å². The number of nitrogens with zero attached hydrogens (tertiary/aromatic N) is 1. The molecule has 0 aromatic heterocycles. The van der Waals surface area contributed by atoms with Crippen LogP contribution in [-0.2, 0) is 4.74 Å². The van der Waals surface area contributed by atoms with Gasteiger partial charge in [0.05, 0.1) is 18.9 Å². The third-order valence-corrected chi connectivity index (χ3v) is 2.11. The second-order valence-corrected chi connectivity index (χ2v) is 3.17. The first-order chi connectivity index (χ1) is 5.83. The highest BCUT2D eigenvalue weighted by molar-refractivity contribution is 8.14. The molecule has 5 heteroatoms. The molecule has 68 valence electrons. The third-order valence-electron chi connectivity index (χ3n) is 1.33. The minimum Gasteiger partial charge on any atom is -0.380 e. The van der Waals surface area contributed by atoms with Gasteiger partial charge in [-0.3, -0.25) is 9.79 Å². The SMILES string of the molecule is CCOCCN=C1CSC(=O)N1. The van der Waals surface area contributed by atoms with Crippen LogP contribution in [0.1, 0.15) is 6.92 Å². The zero-order valence-electron chi connectivity index (χ0n) is 7.00. The van der Waals surface area contributed by atoms with Crippen molar-refractivity contribution in [3.63, 3.8) is 0 Å². The molecule has 0 radical (unpaired) electrons. The Bertz CT molecular complexity index is 194. The van der Waals surface area contributed by atoms with Gasteiger partial charge < -0.3 is 10.1 Å². The summed E-state index contributed by atoms with van der Waals surface area (Å²) in [5.41, 5.74) is 0. The van der Waals surface area contributed by atoms with E-state index in [9.17, 15) is 4.79 Å². The van der Waals surface area contributed by atoms with Crippen LogP contribution in [0.5, 0.6) is 0 Å². The molecule has 1 N–H and O–H groups in total. The summed E-state index contributed by atoms with van der Waals surface area (Å²) in [6.45, 7) is 3.91. The third kappa shape index (κ3) is 3.23. The van der Waals surface area contributed by atoms with E-state index in [0.29, 0.717) is 25.5 Å². The molecule has 0 aromatic carbocycles. The average Bonchev–Trinajstić information content (AvgIpc) is 2.45. The number of hydrogen-bond acceptors (Lipinski definition) is 4. The van der Waals surface area contributed by atoms with E-state index in [4.69, 9.17) is 4.74 Å². The number of amides is 1. The first-order valence-corrected chi connectivity index (χ1v) is 4.86. The lowest BCUT2D eigenvalue weighted by Gasteiger charge is -1.97. The minimum atomic E-state index is -0.00911. The Morgan fingerprint density at radius 2 is 2.58 bits per heavy atom. The predicted octanol–water partition coefficient (Wildman–Crippen LogP) is 0.878. The Balaban J connectivity index is 2.15. The maximum Gasteiger partial charge on any atom is 0.284 e. The molecule has 1 amide bonds. The fraction of sp³-hybridized carbons (Fsp3) is 0.714. The fourth-order valence-corrected chi connectivity index (χ4v) is 1.42. The minimum absolute atomic E-state index is 0.00911. The van der Waals surface area contributed by atoms with Crippen LogP contribution in [0.4, 0.5) is 4.79 Å². The molecular weight excluding hydrogens is 176 g/mol. The molecule has 0 atom stereocenters. The van der Waals surface area contributed by atoms with E-state index < -0.39 is 0 Å². The first-order valence-electron chi connectivity index (χ1n) is 3.87. The van der Waals surface area contributed by atoms with E-state index in [1.165, 1.54) is 11.8 Å². The van der Waals surface area contributed by atoms with Crippen LogP contribution in [0.25, 0.3) is 0 Å². The lowest BCUT2D eigenvalue weighted by molar-refractivity contribution is 0.156. The molecule has 1 aliphatic heterocycles. The van der Waals surface area contributed by atoms with Gasteiger partial charge in [0.1, 0.15) is 5.84 Å². The van der Waals surface area contributed by atoms with E-state index >= 15 is 0 Å². The number of rotatable bonds is 4. The van der Waals surface area contributed by atoms with Crippen molar-refractivity contribution in [2.24, 2.45) is 4.99 Å². The van der Waals surface area contributed by atoms with E-state index in [2.05, 4.69) is 10.3 Å². The van der Waals surface area contributed by atoms with Gasteiger partial charge in [-0.1, -0.05) is 11.8 Å². The average molecular weight is 188 g/mol. The van der Waals surface area contributed by atoms with Crippen molar-refractivity contribution in [2.75, 3.05) is 25.5 Å². The van der Waals surface area contributed by atoms with Crippen molar-refractivity contribution in [3.05, 3.63) is 0 Å². The molecule has 0 bridgehead atoms. The summed E-state index contributed by atoms with van der Waals surface area (Å²) in [6, 6.07) is 0. The summed E-state index contributed by atoms with van der Waals surface area (Å²) in [5.74, 6) is 1.44. The van der Waals surface area contributed by atoms with E-state index in [1.54, 1.807) is 0 Å². The number of amidine groups is 1. The van der Waals surface area contributed by atoms with Crippen LogP contribution in [-0.4, -0.2) is 36.6 Å². The monoisotopic (exact) mass is 188 g/mol. The Hall–Kier alpha value is -0.550. The van der Waals surface area contributed by atoms with Crippen LogP contribution in [0.15, 0.2) is 4.99 Å². The predicted molar refractivity (Wildman–Crippen MR) is 49.8 cm³/mol. The van der Waals surface area contributed by atoms with Gasteiger partial charge in [0.25, 0.3) is 5.24 Å². The lowest BCUT2D eigenvalue weighted by atomic mass is 10.6. The molecule has 4 nitrogen and oxygen atoms in total. The molecule has 0 spiro atoms. The highest BCUT2D eigenvalue weighted by Crippen LogP contribution is 2.08. The number of aliphatic imine (C=N–C) groups is 1. The number of thioether (sulfide) groups is 1. The number of carbonyl (C=O) groups is 1. The summed E-state index contributed by atoms with van der Waals surface area (Å²) < 4.78 is 5.09. The van der Waals surface area contributed by atoms with Crippen molar-refractivity contribution in [3.8, 4) is 0 Å². The van der Waals surface area contributed by atoms with Crippen LogP contribution >= 0.6 is 11.8 Å². The largest absolute Gasteiger partial charge is 0.380 e. The molecule has 1 rings (SSSR count). The van der Waals surface area contributed by atoms with Gasteiger partial charge >= 0.3 is 0 Å². The second kappa shape index (κ2) is 5.16. The Kier molecular flexibility index (Phi) is 4.10. The summed E-state index contributed by atoms with van der Waals surface area (Å²) in [6.07, 6.45) is 0. The van der Waals surface area contributed by atoms with Crippen molar-refractivity contribution >= 4 is 22.8 Å². The summed E-state index contributed by atoms with van der Waals surface area (Å²) >= 11 is 1.25. The van der Waals surface area contributed by atoms with Gasteiger partial charge in [-0.25, -0.2) is 0 Å². The number of nitrogens with one attached hydrogen (secondary N) is 1. The van der Waals surface area contributed by atoms with Crippen molar-refractivity contribution in [2.45, 2.75) is 6.92 Å². The molecule has 1 saturated heterocycles. The van der Waals surface area contributed by atoms with Gasteiger partial charge in [0, 0.05) is 6.61 Å². The van der Waals surface area contributed by atoms with Gasteiger partial charge in [-0.15, -0.1) is 0 Å². The Morgan fingerprint density at radius 1 is 1.75 bits per heavy atom. The smallest absolute Gasteiger partial charge is 0.284 e. The summed E-state index contributed by atoms with van der Waals surface area (Å²) in [7, 11) is 0. The van der Waals surface area contributed by atoms with Gasteiger partial charge in [0.15, 0.2) is 0 Å². The topological polar surface area (TPSA) is 50.7 Å². The molecule has 1 aliphatic rings. The molecule has 12 heavy (non-hydrogen) atoms. The molecule has 0 aromatic rings. The second-order valence-electron chi connectivity index (χ2n) is 2.23. The molecule has 0 unspecified atom stereocenters. The Morgan fingerprint density at radius 3 is 3.17 bits per heavy atom. The fourth-order valence-electron chi connectivity index (χ4n) is 0.799. The summed E-state index contributed by atoms with van der Waals surface area (Å²) in [5, 5.41) is 2.64. The van der Waals surface area contributed by atoms with Crippen molar-refractivity contribution < 1.29 is 9.53 Å². The number of carbonyl (C=O) groups excluding carboxylic acids is 1. The van der Waals surface area contributed by atoms with E-state index in [0.717, 1.165) is 5.84 Å². The van der Waals surface area contributed by atoms with E-state index in [1.807, 2.05) is 6.92 Å². The van der Waals surface area contributed by atoms with Gasteiger partial charge in [-0.2, -0.15) is 0 Å². The van der Waals surface area contributed by atoms with Crippen molar-refractivity contribution in [1.29, 1.82) is 0 Å². The van der Waals surface area contributed by atoms with Gasteiger partial charge in [-0.05, 0) is 6.92 Å². The number of ether oxygens (including phenoxy) is 1. The first kappa shape index (κ1) is 9.54. The standard InChI is InChI=1S/C7H12N2O2S/c1-2-11-4-3-8-6-5-12-7(10)9-6/h2-5H2,1H3,(H,8,9,10). The molecule has 0 saturated carbocycles. The summed E-state index contributed by atoms with van der Waals surface area (Å²) in [4.78, 5) is 14.8. The van der Waals surface area contributed by atoms with E-state index in [-0.39, 0.29) is 5.24 Å². The van der Waals surface area contributed by atoms with Crippen LogP contribution in [0, 0.1) is 0 Å². The zero-order chi connectivity index (χ0) is 8.81. The van der Waals surface area contributed by atoms with Crippen LogP contribution in [0.2, 0.25) is 0 Å². The number of hydrogen-bond donors (Lipinski definition) is 1. The molecule has 1 fully saturated rings. The van der Waals surface area contributed by atoms with Crippen LogP contribution in [0.3, 0.4) is 0 Å². The Labute approximate surface area is 75.8 Å². The van der Waals surface area contributed by atoms with Crippen LogP contribution < -0.4 is 5.32 Å². The lowest BCUT2D eigenvalue weighted by Crippen LogP contribution is -2.20. The van der Waals surface area contributed by atoms with Gasteiger partial charge in [0.2, 0.25) is 0 Å². The highest BCUT2D eigenvalue weighted by atomic mass is 32.2. The maximum absolute atomic E-state index is 10.7. The molecule has 0 aliphatic carbocycles. The molecular formula is C7H12N2O2S.